The summed E-state index contributed by atoms with van der Waals surface area (Å²) in [6.07, 6.45) is -9.64. The van der Waals surface area contributed by atoms with Crippen LogP contribution in [0.3, 0.4) is 0 Å². The number of hydrogen-bond acceptors (Lipinski definition) is 4. The van der Waals surface area contributed by atoms with Gasteiger partial charge in [0.1, 0.15) is 5.75 Å². The van der Waals surface area contributed by atoms with Crippen molar-refractivity contribution in [2.75, 3.05) is 0 Å². The first-order chi connectivity index (χ1) is 9.11. The first kappa shape index (κ1) is 15.6. The predicted octanol–water partition coefficient (Wildman–Crippen LogP) is 1.54. The summed E-state index contributed by atoms with van der Waals surface area (Å²) in [4.78, 5) is 10.7. The molecule has 1 aromatic carbocycles. The highest BCUT2D eigenvalue weighted by Gasteiger charge is 2.44. The van der Waals surface area contributed by atoms with Gasteiger partial charge in [0.25, 0.3) is 0 Å². The van der Waals surface area contributed by atoms with E-state index in [1.807, 2.05) is 0 Å². The molecule has 0 aliphatic rings. The van der Waals surface area contributed by atoms with Gasteiger partial charge in [-0.1, -0.05) is 0 Å². The Kier molecular flexibility index (Phi) is 4.14. The minimum absolute atomic E-state index is 0.325. The maximum atomic E-state index is 13.1. The SMILES string of the molecule is N#Cc1ccc(OC(F)(F)C(=O)NN)c(C(F)(F)F)c1. The Hall–Kier alpha value is -2.41. The van der Waals surface area contributed by atoms with Gasteiger partial charge in [-0.25, -0.2) is 5.84 Å². The third-order valence-corrected chi connectivity index (χ3v) is 2.05. The summed E-state index contributed by atoms with van der Waals surface area (Å²) in [5, 5.41) is 8.49. The van der Waals surface area contributed by atoms with E-state index in [0.29, 0.717) is 12.1 Å². The molecule has 20 heavy (non-hydrogen) atoms. The van der Waals surface area contributed by atoms with Gasteiger partial charge in [0, 0.05) is 0 Å². The minimum atomic E-state index is -5.04. The molecule has 0 aliphatic carbocycles. The third-order valence-electron chi connectivity index (χ3n) is 2.05. The minimum Gasteiger partial charge on any atom is -0.425 e. The Morgan fingerprint density at radius 1 is 1.30 bits per heavy atom. The number of benzene rings is 1. The van der Waals surface area contributed by atoms with E-state index in [1.54, 1.807) is 0 Å². The van der Waals surface area contributed by atoms with Gasteiger partial charge in [-0.3, -0.25) is 10.2 Å². The molecular weight excluding hydrogens is 289 g/mol. The van der Waals surface area contributed by atoms with Crippen molar-refractivity contribution in [2.24, 2.45) is 5.84 Å². The molecule has 0 spiro atoms. The van der Waals surface area contributed by atoms with Crippen molar-refractivity contribution in [3.8, 4) is 11.8 Å². The van der Waals surface area contributed by atoms with Gasteiger partial charge < -0.3 is 4.74 Å². The fourth-order valence-corrected chi connectivity index (χ4v) is 1.18. The molecular formula is C10H6F5N3O2. The third kappa shape index (κ3) is 3.33. The predicted molar refractivity (Wildman–Crippen MR) is 54.1 cm³/mol. The number of rotatable bonds is 3. The summed E-state index contributed by atoms with van der Waals surface area (Å²) in [5.41, 5.74) is -0.958. The van der Waals surface area contributed by atoms with Crippen LogP contribution in [0, 0.1) is 11.3 Å². The average molecular weight is 295 g/mol. The summed E-state index contributed by atoms with van der Waals surface area (Å²) in [7, 11) is 0. The first-order valence-corrected chi connectivity index (χ1v) is 4.81. The van der Waals surface area contributed by atoms with Crippen molar-refractivity contribution in [3.05, 3.63) is 29.3 Å². The number of nitriles is 1. The van der Waals surface area contributed by atoms with Crippen LogP contribution in [0.25, 0.3) is 0 Å². The van der Waals surface area contributed by atoms with Crippen LogP contribution in [0.2, 0.25) is 0 Å². The van der Waals surface area contributed by atoms with Crippen LogP contribution in [-0.4, -0.2) is 12.0 Å². The first-order valence-electron chi connectivity index (χ1n) is 4.81. The number of nitrogens with zero attached hydrogens (tertiary/aromatic N) is 1. The molecule has 0 aromatic heterocycles. The molecule has 0 aliphatic heterocycles. The van der Waals surface area contributed by atoms with E-state index < -0.39 is 35.1 Å². The van der Waals surface area contributed by atoms with Crippen LogP contribution < -0.4 is 16.0 Å². The van der Waals surface area contributed by atoms with Crippen molar-refractivity contribution < 1.29 is 31.5 Å². The Labute approximate surface area is 108 Å². The number of nitrogens with two attached hydrogens (primary N) is 1. The molecule has 0 bridgehead atoms. The maximum absolute atomic E-state index is 13.1. The molecule has 1 aromatic rings. The monoisotopic (exact) mass is 295 g/mol. The molecule has 0 heterocycles. The molecule has 1 rings (SSSR count). The fourth-order valence-electron chi connectivity index (χ4n) is 1.18. The zero-order valence-corrected chi connectivity index (χ0v) is 9.46. The molecule has 0 fully saturated rings. The standard InChI is InChI=1S/C10H6F5N3O2/c11-9(12,13)6-3-5(4-16)1-2-7(6)20-10(14,15)8(19)18-17/h1-3H,17H2,(H,18,19). The number of hydrogen-bond donors (Lipinski definition) is 2. The Morgan fingerprint density at radius 2 is 1.90 bits per heavy atom. The van der Waals surface area contributed by atoms with Crippen LogP contribution in [-0.2, 0) is 11.0 Å². The highest BCUT2D eigenvalue weighted by molar-refractivity contribution is 5.81. The Balaban J connectivity index is 3.26. The largest absolute Gasteiger partial charge is 0.483 e. The molecule has 0 saturated heterocycles. The van der Waals surface area contributed by atoms with Gasteiger partial charge >= 0.3 is 18.2 Å². The van der Waals surface area contributed by atoms with E-state index in [0.717, 1.165) is 11.5 Å². The number of carbonyl (C=O) groups excluding carboxylic acids is 1. The normalized spacial score (nSPS) is 11.7. The van der Waals surface area contributed by atoms with Crippen LogP contribution in [0.4, 0.5) is 22.0 Å². The zero-order chi connectivity index (χ0) is 15.6. The molecule has 3 N–H and O–H groups in total. The lowest BCUT2D eigenvalue weighted by Gasteiger charge is -2.19. The zero-order valence-electron chi connectivity index (χ0n) is 9.46. The van der Waals surface area contributed by atoms with Crippen molar-refractivity contribution in [2.45, 2.75) is 12.3 Å². The summed E-state index contributed by atoms with van der Waals surface area (Å²) < 4.78 is 68.0. The van der Waals surface area contributed by atoms with Crippen molar-refractivity contribution in [1.82, 2.24) is 5.43 Å². The smallest absolute Gasteiger partial charge is 0.425 e. The molecule has 0 saturated carbocycles. The quantitative estimate of drug-likeness (QED) is 0.383. The number of carbonyl (C=O) groups is 1. The van der Waals surface area contributed by atoms with Gasteiger partial charge in [0.15, 0.2) is 0 Å². The van der Waals surface area contributed by atoms with Crippen molar-refractivity contribution >= 4 is 5.91 Å². The van der Waals surface area contributed by atoms with E-state index in [9.17, 15) is 26.7 Å². The number of alkyl halides is 5. The lowest BCUT2D eigenvalue weighted by atomic mass is 10.1. The molecule has 108 valence electrons. The number of nitrogens with one attached hydrogen (secondary N) is 1. The summed E-state index contributed by atoms with van der Waals surface area (Å²) >= 11 is 0. The highest BCUT2D eigenvalue weighted by Crippen LogP contribution is 2.38. The number of ether oxygens (including phenoxy) is 1. The lowest BCUT2D eigenvalue weighted by molar-refractivity contribution is -0.195. The van der Waals surface area contributed by atoms with E-state index in [-0.39, 0.29) is 0 Å². The Morgan fingerprint density at radius 3 is 2.35 bits per heavy atom. The van der Waals surface area contributed by atoms with Gasteiger partial charge in [-0.2, -0.15) is 27.2 Å². The molecule has 5 nitrogen and oxygen atoms in total. The second kappa shape index (κ2) is 5.30. The molecule has 10 heteroatoms. The summed E-state index contributed by atoms with van der Waals surface area (Å²) in [6, 6.07) is 3.09. The van der Waals surface area contributed by atoms with Crippen molar-refractivity contribution in [3.63, 3.8) is 0 Å². The average Bonchev–Trinajstić information content (AvgIpc) is 2.36. The number of amides is 1. The van der Waals surface area contributed by atoms with Crippen LogP contribution in [0.5, 0.6) is 5.75 Å². The maximum Gasteiger partial charge on any atom is 0.483 e. The summed E-state index contributed by atoms with van der Waals surface area (Å²) in [5.74, 6) is 1.04. The number of hydrazine groups is 1. The lowest BCUT2D eigenvalue weighted by Crippen LogP contribution is -2.47. The van der Waals surface area contributed by atoms with Crippen LogP contribution in [0.15, 0.2) is 18.2 Å². The summed E-state index contributed by atoms with van der Waals surface area (Å²) in [6.45, 7) is 0. The highest BCUT2D eigenvalue weighted by atomic mass is 19.4. The van der Waals surface area contributed by atoms with Crippen LogP contribution >= 0.6 is 0 Å². The van der Waals surface area contributed by atoms with E-state index in [1.165, 1.54) is 6.07 Å². The van der Waals surface area contributed by atoms with E-state index in [2.05, 4.69) is 10.6 Å². The topological polar surface area (TPSA) is 88.1 Å². The van der Waals surface area contributed by atoms with Gasteiger partial charge in [0.2, 0.25) is 0 Å². The van der Waals surface area contributed by atoms with Gasteiger partial charge in [-0.05, 0) is 18.2 Å². The van der Waals surface area contributed by atoms with Gasteiger partial charge in [0.05, 0.1) is 17.2 Å². The molecule has 0 radical (unpaired) electrons. The van der Waals surface area contributed by atoms with Crippen molar-refractivity contribution in [1.29, 1.82) is 5.26 Å². The number of halogens is 5. The fraction of sp³-hybridized carbons (Fsp3) is 0.200. The molecule has 0 atom stereocenters. The second-order valence-electron chi connectivity index (χ2n) is 3.41. The van der Waals surface area contributed by atoms with E-state index in [4.69, 9.17) is 5.26 Å². The molecule has 0 unspecified atom stereocenters. The van der Waals surface area contributed by atoms with Crippen LogP contribution in [0.1, 0.15) is 11.1 Å². The van der Waals surface area contributed by atoms with Gasteiger partial charge in [-0.15, -0.1) is 0 Å². The van der Waals surface area contributed by atoms with E-state index >= 15 is 0 Å². The Bertz CT molecular complexity index is 565. The second-order valence-corrected chi connectivity index (χ2v) is 3.41. The molecule has 1 amide bonds.